The second kappa shape index (κ2) is 13.2. The Kier molecular flexibility index (Phi) is 12.9. The zero-order chi connectivity index (χ0) is 16.1. The van der Waals surface area contributed by atoms with Crippen LogP contribution in [0.2, 0.25) is 0 Å². The molecule has 0 aromatic heterocycles. The molecule has 0 fully saturated rings. The Balaban J connectivity index is 0.000000342. The van der Waals surface area contributed by atoms with Gasteiger partial charge in [-0.3, -0.25) is 4.79 Å². The first-order valence-electron chi connectivity index (χ1n) is 6.48. The largest absolute Gasteiger partial charge is 0.316 e. The zero-order valence-electron chi connectivity index (χ0n) is 12.0. The Morgan fingerprint density at radius 2 is 1.62 bits per heavy atom. The minimum atomic E-state index is 0.511. The topological polar surface area (TPSA) is 49.3 Å². The van der Waals surface area contributed by atoms with E-state index in [1.807, 2.05) is 56.3 Å². The summed E-state index contributed by atoms with van der Waals surface area (Å²) in [6.07, 6.45) is 0.849. The molecule has 0 aliphatic heterocycles. The van der Waals surface area contributed by atoms with E-state index in [4.69, 9.17) is 5.21 Å². The molecule has 2 rings (SSSR count). The van der Waals surface area contributed by atoms with Gasteiger partial charge in [-0.15, -0.1) is 0 Å². The number of hydrogen-bond donors (Lipinski definition) is 2. The standard InChI is InChI=1S/C7H8INO.C7H5IO.C2H6/c8-7-3-1-2-6(4-7)5-9-10;8-7-3-1-2-6(4-7)5-9;1-2/h1-4,9-10H,5H2;1-5H;1-2H3. The highest BCUT2D eigenvalue weighted by Crippen LogP contribution is 2.06. The molecular formula is C16H19I2NO2. The van der Waals surface area contributed by atoms with Crippen LogP contribution in [-0.4, -0.2) is 11.5 Å². The second-order valence-corrected chi connectivity index (χ2v) is 6.13. The summed E-state index contributed by atoms with van der Waals surface area (Å²) in [7, 11) is 0. The Hall–Kier alpha value is -0.510. The van der Waals surface area contributed by atoms with Gasteiger partial charge in [-0.25, -0.2) is 5.48 Å². The molecule has 2 aromatic carbocycles. The lowest BCUT2D eigenvalue weighted by atomic mass is 10.2. The lowest BCUT2D eigenvalue weighted by Crippen LogP contribution is -2.05. The van der Waals surface area contributed by atoms with Gasteiger partial charge < -0.3 is 5.21 Å². The van der Waals surface area contributed by atoms with Crippen molar-refractivity contribution >= 4 is 51.5 Å². The van der Waals surface area contributed by atoms with Gasteiger partial charge >= 0.3 is 0 Å². The van der Waals surface area contributed by atoms with Crippen molar-refractivity contribution in [1.82, 2.24) is 5.48 Å². The minimum Gasteiger partial charge on any atom is -0.316 e. The van der Waals surface area contributed by atoms with Crippen molar-refractivity contribution in [2.45, 2.75) is 20.4 Å². The Bertz CT molecular complexity index is 533. The van der Waals surface area contributed by atoms with Crippen molar-refractivity contribution in [1.29, 1.82) is 0 Å². The molecule has 0 unspecified atom stereocenters. The van der Waals surface area contributed by atoms with Crippen molar-refractivity contribution in [3.63, 3.8) is 0 Å². The fraction of sp³-hybridized carbons (Fsp3) is 0.188. The summed E-state index contributed by atoms with van der Waals surface area (Å²) in [4.78, 5) is 10.2. The van der Waals surface area contributed by atoms with E-state index in [0.717, 1.165) is 21.0 Å². The summed E-state index contributed by atoms with van der Waals surface area (Å²) in [5.74, 6) is 0. The molecule has 0 heterocycles. The summed E-state index contributed by atoms with van der Waals surface area (Å²) >= 11 is 4.41. The van der Waals surface area contributed by atoms with E-state index in [-0.39, 0.29) is 0 Å². The Labute approximate surface area is 153 Å². The smallest absolute Gasteiger partial charge is 0.150 e. The summed E-state index contributed by atoms with van der Waals surface area (Å²) in [6, 6.07) is 15.4. The number of carbonyl (C=O) groups is 1. The molecule has 0 aliphatic rings. The maximum atomic E-state index is 10.2. The van der Waals surface area contributed by atoms with Crippen molar-refractivity contribution < 1.29 is 10.0 Å². The molecule has 0 radical (unpaired) electrons. The summed E-state index contributed by atoms with van der Waals surface area (Å²) in [6.45, 7) is 4.51. The molecule has 2 aromatic rings. The number of aldehydes is 1. The maximum absolute atomic E-state index is 10.2. The van der Waals surface area contributed by atoms with Crippen LogP contribution in [0.3, 0.4) is 0 Å². The van der Waals surface area contributed by atoms with Gasteiger partial charge in [0.2, 0.25) is 0 Å². The van der Waals surface area contributed by atoms with Crippen LogP contribution in [-0.2, 0) is 6.54 Å². The molecule has 5 heteroatoms. The molecule has 0 spiro atoms. The van der Waals surface area contributed by atoms with Gasteiger partial charge in [0.05, 0.1) is 0 Å². The Morgan fingerprint density at radius 1 is 1.05 bits per heavy atom. The molecule has 0 saturated heterocycles. The molecular weight excluding hydrogens is 492 g/mol. The highest BCUT2D eigenvalue weighted by molar-refractivity contribution is 14.1. The van der Waals surface area contributed by atoms with Gasteiger partial charge in [0.15, 0.2) is 0 Å². The molecule has 0 saturated carbocycles. The Morgan fingerprint density at radius 3 is 2.05 bits per heavy atom. The molecule has 0 aliphatic carbocycles. The van der Waals surface area contributed by atoms with E-state index < -0.39 is 0 Å². The molecule has 0 amide bonds. The van der Waals surface area contributed by atoms with E-state index in [0.29, 0.717) is 6.54 Å². The third-order valence-corrected chi connectivity index (χ3v) is 3.50. The van der Waals surface area contributed by atoms with E-state index in [1.165, 1.54) is 3.57 Å². The highest BCUT2D eigenvalue weighted by Gasteiger charge is 1.90. The van der Waals surface area contributed by atoms with Crippen LogP contribution in [0.4, 0.5) is 0 Å². The van der Waals surface area contributed by atoms with Gasteiger partial charge in [0, 0.05) is 19.2 Å². The quantitative estimate of drug-likeness (QED) is 0.351. The number of carbonyl (C=O) groups excluding carboxylic acids is 1. The molecule has 2 N–H and O–H groups in total. The maximum Gasteiger partial charge on any atom is 0.150 e. The number of benzene rings is 2. The molecule has 3 nitrogen and oxygen atoms in total. The predicted octanol–water partition coefficient (Wildman–Crippen LogP) is 4.90. The van der Waals surface area contributed by atoms with Crippen molar-refractivity contribution in [2.75, 3.05) is 0 Å². The van der Waals surface area contributed by atoms with Crippen molar-refractivity contribution in [3.8, 4) is 0 Å². The summed E-state index contributed by atoms with van der Waals surface area (Å²) in [5, 5.41) is 8.36. The average Bonchev–Trinajstić information content (AvgIpc) is 2.50. The highest BCUT2D eigenvalue weighted by atomic mass is 127. The minimum absolute atomic E-state index is 0.511. The van der Waals surface area contributed by atoms with E-state index in [2.05, 4.69) is 50.7 Å². The molecule has 0 bridgehead atoms. The van der Waals surface area contributed by atoms with Gasteiger partial charge in [-0.1, -0.05) is 38.1 Å². The third-order valence-electron chi connectivity index (χ3n) is 2.16. The normalized spacial score (nSPS) is 8.81. The average molecular weight is 511 g/mol. The second-order valence-electron chi connectivity index (χ2n) is 3.64. The molecule has 0 atom stereocenters. The number of nitrogens with one attached hydrogen (secondary N) is 1. The first-order valence-corrected chi connectivity index (χ1v) is 8.63. The number of hydroxylamine groups is 1. The third kappa shape index (κ3) is 9.94. The van der Waals surface area contributed by atoms with E-state index in [1.54, 1.807) is 6.07 Å². The van der Waals surface area contributed by atoms with Crippen LogP contribution in [0.25, 0.3) is 0 Å². The summed E-state index contributed by atoms with van der Waals surface area (Å²) < 4.78 is 2.28. The molecule has 21 heavy (non-hydrogen) atoms. The van der Waals surface area contributed by atoms with Gasteiger partial charge in [-0.2, -0.15) is 0 Å². The first kappa shape index (κ1) is 20.5. The van der Waals surface area contributed by atoms with Crippen molar-refractivity contribution in [2.24, 2.45) is 0 Å². The van der Waals surface area contributed by atoms with E-state index >= 15 is 0 Å². The fourth-order valence-corrected chi connectivity index (χ4v) is 2.49. The van der Waals surface area contributed by atoms with Crippen LogP contribution in [0, 0.1) is 7.14 Å². The van der Waals surface area contributed by atoms with Crippen LogP contribution in [0.1, 0.15) is 29.8 Å². The number of halogens is 2. The van der Waals surface area contributed by atoms with Crippen molar-refractivity contribution in [3.05, 3.63) is 66.8 Å². The van der Waals surface area contributed by atoms with Gasteiger partial charge in [0.1, 0.15) is 6.29 Å². The van der Waals surface area contributed by atoms with Crippen LogP contribution < -0.4 is 5.48 Å². The SMILES string of the molecule is CC.O=Cc1cccc(I)c1.ONCc1cccc(I)c1. The molecule has 114 valence electrons. The van der Waals surface area contributed by atoms with E-state index in [9.17, 15) is 4.79 Å². The van der Waals surface area contributed by atoms with Crippen LogP contribution >= 0.6 is 45.2 Å². The first-order chi connectivity index (χ1) is 10.2. The van der Waals surface area contributed by atoms with Crippen LogP contribution in [0.15, 0.2) is 48.5 Å². The number of hydrogen-bond acceptors (Lipinski definition) is 3. The predicted molar refractivity (Wildman–Crippen MR) is 104 cm³/mol. The van der Waals surface area contributed by atoms with Crippen LogP contribution in [0.5, 0.6) is 0 Å². The van der Waals surface area contributed by atoms with Gasteiger partial charge in [0.25, 0.3) is 0 Å². The summed E-state index contributed by atoms with van der Waals surface area (Å²) in [5.41, 5.74) is 3.94. The fourth-order valence-electron chi connectivity index (χ4n) is 1.32. The lowest BCUT2D eigenvalue weighted by molar-refractivity contribution is 0.112. The monoisotopic (exact) mass is 511 g/mol. The number of rotatable bonds is 3. The zero-order valence-corrected chi connectivity index (χ0v) is 16.3. The lowest BCUT2D eigenvalue weighted by Gasteiger charge is -1.97. The van der Waals surface area contributed by atoms with Gasteiger partial charge in [-0.05, 0) is 75.0 Å².